The van der Waals surface area contributed by atoms with Crippen molar-refractivity contribution in [3.05, 3.63) is 58.9 Å². The first-order valence-corrected chi connectivity index (χ1v) is 6.31. The molecule has 0 aromatic heterocycles. The van der Waals surface area contributed by atoms with E-state index in [1.807, 2.05) is 26.0 Å². The Labute approximate surface area is 117 Å². The number of halogens is 1. The van der Waals surface area contributed by atoms with E-state index in [-0.39, 0.29) is 17.8 Å². The average Bonchev–Trinajstić information content (AvgIpc) is 2.36. The first-order valence-electron chi connectivity index (χ1n) is 6.31. The van der Waals surface area contributed by atoms with Gasteiger partial charge in [-0.25, -0.2) is 4.39 Å². The van der Waals surface area contributed by atoms with Gasteiger partial charge in [0, 0.05) is 5.46 Å². The maximum absolute atomic E-state index is 13.1. The molecule has 0 saturated carbocycles. The molecule has 2 aromatic rings. The predicted molar refractivity (Wildman–Crippen MR) is 76.5 cm³/mol. The van der Waals surface area contributed by atoms with Crippen LogP contribution in [0.1, 0.15) is 16.7 Å². The van der Waals surface area contributed by atoms with Gasteiger partial charge in [-0.2, -0.15) is 0 Å². The molecule has 0 heterocycles. The minimum Gasteiger partial charge on any atom is -0.489 e. The Morgan fingerprint density at radius 3 is 2.30 bits per heavy atom. The molecule has 104 valence electrons. The molecule has 0 bridgehead atoms. The zero-order chi connectivity index (χ0) is 14.7. The maximum Gasteiger partial charge on any atom is 0.492 e. The molecule has 0 unspecified atom stereocenters. The summed E-state index contributed by atoms with van der Waals surface area (Å²) < 4.78 is 18.7. The third-order valence-corrected chi connectivity index (χ3v) is 2.93. The summed E-state index contributed by atoms with van der Waals surface area (Å²) >= 11 is 0. The molecule has 2 rings (SSSR count). The fourth-order valence-corrected chi connectivity index (χ4v) is 2.17. The van der Waals surface area contributed by atoms with Crippen LogP contribution in [0.2, 0.25) is 0 Å². The monoisotopic (exact) mass is 274 g/mol. The van der Waals surface area contributed by atoms with Crippen molar-refractivity contribution in [3.8, 4) is 5.75 Å². The van der Waals surface area contributed by atoms with Crippen LogP contribution in [0, 0.1) is 19.7 Å². The average molecular weight is 274 g/mol. The van der Waals surface area contributed by atoms with Crippen LogP contribution in [0.25, 0.3) is 0 Å². The van der Waals surface area contributed by atoms with E-state index in [0.29, 0.717) is 0 Å². The number of hydrogen-bond acceptors (Lipinski definition) is 3. The van der Waals surface area contributed by atoms with E-state index >= 15 is 0 Å². The molecule has 20 heavy (non-hydrogen) atoms. The van der Waals surface area contributed by atoms with Gasteiger partial charge >= 0.3 is 7.12 Å². The predicted octanol–water partition coefficient (Wildman–Crippen LogP) is 1.70. The molecule has 0 aliphatic heterocycles. The van der Waals surface area contributed by atoms with E-state index in [1.54, 1.807) is 0 Å². The molecule has 0 aliphatic carbocycles. The fraction of sp³-hybridized carbons (Fsp3) is 0.200. The second-order valence-electron chi connectivity index (χ2n) is 4.84. The summed E-state index contributed by atoms with van der Waals surface area (Å²) in [5, 5.41) is 18.4. The zero-order valence-electron chi connectivity index (χ0n) is 11.4. The van der Waals surface area contributed by atoms with Crippen LogP contribution in [0.5, 0.6) is 5.75 Å². The van der Waals surface area contributed by atoms with Gasteiger partial charge in [-0.05, 0) is 37.6 Å². The SMILES string of the molecule is Cc1cc(C)cc(COc2ccc(F)cc2B(O)O)c1. The summed E-state index contributed by atoms with van der Waals surface area (Å²) in [7, 11) is -1.76. The lowest BCUT2D eigenvalue weighted by molar-refractivity contribution is 0.306. The second kappa shape index (κ2) is 6.07. The third kappa shape index (κ3) is 3.59. The highest BCUT2D eigenvalue weighted by atomic mass is 19.1. The normalized spacial score (nSPS) is 10.4. The van der Waals surface area contributed by atoms with Crippen molar-refractivity contribution in [2.24, 2.45) is 0 Å². The van der Waals surface area contributed by atoms with Crippen LogP contribution >= 0.6 is 0 Å². The van der Waals surface area contributed by atoms with Crippen LogP contribution < -0.4 is 10.2 Å². The van der Waals surface area contributed by atoms with Crippen molar-refractivity contribution in [2.75, 3.05) is 0 Å². The van der Waals surface area contributed by atoms with E-state index in [2.05, 4.69) is 6.07 Å². The molecule has 0 saturated heterocycles. The lowest BCUT2D eigenvalue weighted by Gasteiger charge is -2.12. The van der Waals surface area contributed by atoms with Crippen molar-refractivity contribution >= 4 is 12.6 Å². The molecule has 5 heteroatoms. The molecule has 2 N–H and O–H groups in total. The van der Waals surface area contributed by atoms with Gasteiger partial charge in [0.25, 0.3) is 0 Å². The van der Waals surface area contributed by atoms with Crippen LogP contribution in [-0.4, -0.2) is 17.2 Å². The lowest BCUT2D eigenvalue weighted by Crippen LogP contribution is -2.31. The smallest absolute Gasteiger partial charge is 0.489 e. The van der Waals surface area contributed by atoms with Gasteiger partial charge in [0.05, 0.1) is 0 Å². The van der Waals surface area contributed by atoms with Crippen LogP contribution in [-0.2, 0) is 6.61 Å². The summed E-state index contributed by atoms with van der Waals surface area (Å²) in [5.41, 5.74) is 3.26. The Morgan fingerprint density at radius 2 is 1.70 bits per heavy atom. The van der Waals surface area contributed by atoms with Crippen molar-refractivity contribution in [1.29, 1.82) is 0 Å². The number of aryl methyl sites for hydroxylation is 2. The van der Waals surface area contributed by atoms with Gasteiger partial charge in [0.1, 0.15) is 18.2 Å². The van der Waals surface area contributed by atoms with Crippen LogP contribution in [0.15, 0.2) is 36.4 Å². The summed E-state index contributed by atoms with van der Waals surface area (Å²) in [5.74, 6) is -0.271. The van der Waals surface area contributed by atoms with Crippen molar-refractivity contribution in [3.63, 3.8) is 0 Å². The summed E-state index contributed by atoms with van der Waals surface area (Å²) in [6.07, 6.45) is 0. The highest BCUT2D eigenvalue weighted by Gasteiger charge is 2.18. The first kappa shape index (κ1) is 14.6. The van der Waals surface area contributed by atoms with E-state index in [9.17, 15) is 14.4 Å². The minimum absolute atomic E-state index is 0.0226. The molecule has 0 radical (unpaired) electrons. The number of rotatable bonds is 4. The van der Waals surface area contributed by atoms with Crippen molar-refractivity contribution in [1.82, 2.24) is 0 Å². The molecule has 2 aromatic carbocycles. The number of hydrogen-bond donors (Lipinski definition) is 2. The number of benzene rings is 2. The number of ether oxygens (including phenoxy) is 1. The highest BCUT2D eigenvalue weighted by molar-refractivity contribution is 6.59. The van der Waals surface area contributed by atoms with Gasteiger partial charge in [0.2, 0.25) is 0 Å². The molecule has 3 nitrogen and oxygen atoms in total. The van der Waals surface area contributed by atoms with Crippen molar-refractivity contribution in [2.45, 2.75) is 20.5 Å². The molecule has 0 amide bonds. The molecule has 0 aliphatic rings. The molecule has 0 atom stereocenters. The Bertz CT molecular complexity index is 594. The largest absolute Gasteiger partial charge is 0.492 e. The zero-order valence-corrected chi connectivity index (χ0v) is 11.4. The van der Waals surface area contributed by atoms with Gasteiger partial charge in [-0.15, -0.1) is 0 Å². The second-order valence-corrected chi connectivity index (χ2v) is 4.84. The van der Waals surface area contributed by atoms with E-state index in [0.717, 1.165) is 22.8 Å². The molecular formula is C15H16BFO3. The minimum atomic E-state index is -1.76. The molecular weight excluding hydrogens is 258 g/mol. The quantitative estimate of drug-likeness (QED) is 0.834. The molecule has 0 fully saturated rings. The van der Waals surface area contributed by atoms with E-state index in [1.165, 1.54) is 12.1 Å². The van der Waals surface area contributed by atoms with E-state index in [4.69, 9.17) is 4.74 Å². The van der Waals surface area contributed by atoms with Gasteiger partial charge in [-0.3, -0.25) is 0 Å². The Kier molecular flexibility index (Phi) is 4.42. The van der Waals surface area contributed by atoms with Crippen molar-refractivity contribution < 1.29 is 19.2 Å². The topological polar surface area (TPSA) is 49.7 Å². The third-order valence-electron chi connectivity index (χ3n) is 2.93. The maximum atomic E-state index is 13.1. The Morgan fingerprint density at radius 1 is 1.05 bits per heavy atom. The summed E-state index contributed by atoms with van der Waals surface area (Å²) in [6.45, 7) is 4.28. The summed E-state index contributed by atoms with van der Waals surface area (Å²) in [4.78, 5) is 0. The Balaban J connectivity index is 2.18. The Hall–Kier alpha value is -1.85. The van der Waals surface area contributed by atoms with E-state index < -0.39 is 12.9 Å². The fourth-order valence-electron chi connectivity index (χ4n) is 2.17. The van der Waals surface area contributed by atoms with Gasteiger partial charge < -0.3 is 14.8 Å². The van der Waals surface area contributed by atoms with Gasteiger partial charge in [0.15, 0.2) is 0 Å². The van der Waals surface area contributed by atoms with Crippen LogP contribution in [0.4, 0.5) is 4.39 Å². The van der Waals surface area contributed by atoms with Gasteiger partial charge in [-0.1, -0.05) is 29.3 Å². The first-order chi connectivity index (χ1) is 9.45. The highest BCUT2D eigenvalue weighted by Crippen LogP contribution is 2.14. The summed E-state index contributed by atoms with van der Waals surface area (Å²) in [6, 6.07) is 9.72. The lowest BCUT2D eigenvalue weighted by atomic mass is 9.79. The molecule has 0 spiro atoms. The standard InChI is InChI=1S/C15H16BFO3/c1-10-5-11(2)7-12(6-10)9-20-15-4-3-13(17)8-14(15)16(18)19/h3-8,18-19H,9H2,1-2H3. The van der Waals surface area contributed by atoms with Crippen LogP contribution in [0.3, 0.4) is 0 Å².